The molecule has 1 aliphatic rings. The van der Waals surface area contributed by atoms with Crippen LogP contribution in [0.5, 0.6) is 5.75 Å². The van der Waals surface area contributed by atoms with Gasteiger partial charge in [0.2, 0.25) is 5.91 Å². The van der Waals surface area contributed by atoms with E-state index in [1.807, 2.05) is 0 Å². The van der Waals surface area contributed by atoms with Gasteiger partial charge in [0.05, 0.1) is 11.1 Å². The maximum atomic E-state index is 11.8. The fourth-order valence-electron chi connectivity index (χ4n) is 2.72. The highest BCUT2D eigenvalue weighted by Gasteiger charge is 2.29. The van der Waals surface area contributed by atoms with Crippen molar-refractivity contribution in [1.29, 1.82) is 0 Å². The zero-order chi connectivity index (χ0) is 16.7. The molecular weight excluding hydrogens is 294 g/mol. The monoisotopic (exact) mass is 321 g/mol. The predicted molar refractivity (Wildman–Crippen MR) is 93.6 cm³/mol. The number of phenols is 1. The molecule has 1 aromatic rings. The van der Waals surface area contributed by atoms with Crippen LogP contribution in [0.3, 0.4) is 0 Å². The van der Waals surface area contributed by atoms with Gasteiger partial charge in [-0.25, -0.2) is 0 Å². The molecule has 0 spiro atoms. The number of carbonyl (C=O) groups excluding carboxylic acids is 1. The van der Waals surface area contributed by atoms with Crippen molar-refractivity contribution >= 4 is 17.7 Å². The molecule has 0 aliphatic carbocycles. The van der Waals surface area contributed by atoms with Crippen LogP contribution in [0, 0.1) is 0 Å². The Bertz CT molecular complexity index is 547. The maximum absolute atomic E-state index is 11.8. The van der Waals surface area contributed by atoms with E-state index in [9.17, 15) is 9.90 Å². The molecule has 0 saturated carbocycles. The highest BCUT2D eigenvalue weighted by atomic mass is 32.2. The minimum Gasteiger partial charge on any atom is -0.507 e. The zero-order valence-corrected chi connectivity index (χ0v) is 15.2. The third kappa shape index (κ3) is 3.60. The van der Waals surface area contributed by atoms with Crippen molar-refractivity contribution < 1.29 is 9.90 Å². The van der Waals surface area contributed by atoms with Gasteiger partial charge < -0.3 is 10.4 Å². The van der Waals surface area contributed by atoms with Crippen molar-refractivity contribution in [2.45, 2.75) is 64.0 Å². The van der Waals surface area contributed by atoms with Gasteiger partial charge in [-0.3, -0.25) is 4.79 Å². The number of rotatable bonds is 2. The van der Waals surface area contributed by atoms with Crippen LogP contribution in [-0.2, 0) is 22.0 Å². The van der Waals surface area contributed by atoms with E-state index in [0.29, 0.717) is 18.0 Å². The third-order valence-electron chi connectivity index (χ3n) is 4.03. The third-order valence-corrected chi connectivity index (χ3v) is 5.12. The molecule has 0 radical (unpaired) electrons. The minimum absolute atomic E-state index is 0.0230. The Morgan fingerprint density at radius 2 is 1.64 bits per heavy atom. The van der Waals surface area contributed by atoms with E-state index < -0.39 is 0 Å². The Morgan fingerprint density at radius 3 is 2.00 bits per heavy atom. The van der Waals surface area contributed by atoms with Crippen molar-refractivity contribution in [1.82, 2.24) is 5.32 Å². The van der Waals surface area contributed by atoms with Gasteiger partial charge in [0.25, 0.3) is 0 Å². The first kappa shape index (κ1) is 17.2. The van der Waals surface area contributed by atoms with E-state index in [1.165, 1.54) is 0 Å². The highest BCUT2D eigenvalue weighted by Crippen LogP contribution is 2.40. The van der Waals surface area contributed by atoms with Crippen LogP contribution in [-0.4, -0.2) is 22.1 Å². The lowest BCUT2D eigenvalue weighted by Gasteiger charge is -2.28. The molecule has 3 nitrogen and oxygen atoms in total. The molecule has 1 saturated heterocycles. The van der Waals surface area contributed by atoms with Gasteiger partial charge in [0, 0.05) is 0 Å². The standard InChI is InChI=1S/C18H27NO2S/c1-17(2,3)12-7-11(9-14-16(21)19-10-22-14)8-13(15(12)20)18(4,5)6/h7-8,14,20H,9-10H2,1-6H3,(H,19,21)/t14-/m0/s1. The summed E-state index contributed by atoms with van der Waals surface area (Å²) in [6, 6.07) is 4.13. The molecular formula is C18H27NO2S. The lowest BCUT2D eigenvalue weighted by atomic mass is 9.78. The van der Waals surface area contributed by atoms with Crippen molar-refractivity contribution in [3.8, 4) is 5.75 Å². The Morgan fingerprint density at radius 1 is 1.14 bits per heavy atom. The van der Waals surface area contributed by atoms with Gasteiger partial charge in [-0.1, -0.05) is 53.7 Å². The minimum atomic E-state index is -0.134. The number of carbonyl (C=O) groups is 1. The molecule has 22 heavy (non-hydrogen) atoms. The maximum Gasteiger partial charge on any atom is 0.234 e. The second kappa shape index (κ2) is 5.80. The number of hydrogen-bond donors (Lipinski definition) is 2. The smallest absolute Gasteiger partial charge is 0.234 e. The zero-order valence-electron chi connectivity index (χ0n) is 14.4. The second-order valence-corrected chi connectivity index (χ2v) is 9.28. The van der Waals surface area contributed by atoms with Crippen LogP contribution >= 0.6 is 11.8 Å². The summed E-state index contributed by atoms with van der Waals surface area (Å²) in [5.41, 5.74) is 2.77. The predicted octanol–water partition coefficient (Wildman–Crippen LogP) is 3.72. The summed E-state index contributed by atoms with van der Waals surface area (Å²) in [6.07, 6.45) is 0.711. The molecule has 0 unspecified atom stereocenters. The largest absolute Gasteiger partial charge is 0.507 e. The molecule has 0 aromatic heterocycles. The number of benzene rings is 1. The van der Waals surface area contributed by atoms with E-state index in [4.69, 9.17) is 0 Å². The number of aromatic hydroxyl groups is 1. The quantitative estimate of drug-likeness (QED) is 0.873. The van der Waals surface area contributed by atoms with Crippen molar-refractivity contribution in [2.75, 3.05) is 5.88 Å². The van der Waals surface area contributed by atoms with Gasteiger partial charge in [-0.05, 0) is 33.9 Å². The van der Waals surface area contributed by atoms with Gasteiger partial charge in [0.15, 0.2) is 0 Å². The Labute approximate surface area is 137 Å². The van der Waals surface area contributed by atoms with E-state index in [0.717, 1.165) is 16.7 Å². The number of hydrogen-bond acceptors (Lipinski definition) is 3. The molecule has 1 amide bonds. The average molecular weight is 321 g/mol. The summed E-state index contributed by atoms with van der Waals surface area (Å²) in [5, 5.41) is 13.6. The molecule has 1 aromatic carbocycles. The van der Waals surface area contributed by atoms with Gasteiger partial charge in [-0.15, -0.1) is 11.8 Å². The first-order valence-corrected chi connectivity index (χ1v) is 8.81. The number of nitrogens with one attached hydrogen (secondary N) is 1. The molecule has 0 bridgehead atoms. The van der Waals surface area contributed by atoms with Gasteiger partial charge in [-0.2, -0.15) is 0 Å². The summed E-state index contributed by atoms with van der Waals surface area (Å²) in [6.45, 7) is 12.6. The number of amides is 1. The van der Waals surface area contributed by atoms with E-state index >= 15 is 0 Å². The molecule has 1 aliphatic heterocycles. The molecule has 1 fully saturated rings. The molecule has 1 heterocycles. The van der Waals surface area contributed by atoms with E-state index in [1.54, 1.807) is 11.8 Å². The molecule has 1 atom stereocenters. The van der Waals surface area contributed by atoms with Crippen LogP contribution in [0.4, 0.5) is 0 Å². The van der Waals surface area contributed by atoms with Gasteiger partial charge >= 0.3 is 0 Å². The fourth-order valence-corrected chi connectivity index (χ4v) is 3.70. The fraction of sp³-hybridized carbons (Fsp3) is 0.611. The van der Waals surface area contributed by atoms with Crippen LogP contribution in [0.15, 0.2) is 12.1 Å². The van der Waals surface area contributed by atoms with Crippen molar-refractivity contribution in [3.63, 3.8) is 0 Å². The average Bonchev–Trinajstić information content (AvgIpc) is 2.74. The highest BCUT2D eigenvalue weighted by molar-refractivity contribution is 8.01. The summed E-state index contributed by atoms with van der Waals surface area (Å²) < 4.78 is 0. The van der Waals surface area contributed by atoms with Crippen molar-refractivity contribution in [3.05, 3.63) is 28.8 Å². The van der Waals surface area contributed by atoms with Crippen LogP contribution in [0.2, 0.25) is 0 Å². The lowest BCUT2D eigenvalue weighted by Crippen LogP contribution is -2.24. The molecule has 2 rings (SSSR count). The number of thioether (sulfide) groups is 1. The topological polar surface area (TPSA) is 49.3 Å². The normalized spacial score (nSPS) is 19.4. The Hall–Kier alpha value is -1.16. The first-order chi connectivity index (χ1) is 10.00. The summed E-state index contributed by atoms with van der Waals surface area (Å²) in [5.74, 6) is 1.21. The van der Waals surface area contributed by atoms with E-state index in [-0.39, 0.29) is 22.0 Å². The molecule has 122 valence electrons. The summed E-state index contributed by atoms with van der Waals surface area (Å²) in [7, 11) is 0. The Kier molecular flexibility index (Phi) is 4.54. The van der Waals surface area contributed by atoms with E-state index in [2.05, 4.69) is 59.0 Å². The summed E-state index contributed by atoms with van der Waals surface area (Å²) >= 11 is 1.65. The number of phenolic OH excluding ortho intramolecular Hbond substituents is 1. The Balaban J connectivity index is 2.48. The van der Waals surface area contributed by atoms with Crippen LogP contribution in [0.25, 0.3) is 0 Å². The van der Waals surface area contributed by atoms with Crippen LogP contribution in [0.1, 0.15) is 58.2 Å². The second-order valence-electron chi connectivity index (χ2n) is 8.08. The van der Waals surface area contributed by atoms with Gasteiger partial charge in [0.1, 0.15) is 5.75 Å². The van der Waals surface area contributed by atoms with Crippen LogP contribution < -0.4 is 5.32 Å². The SMILES string of the molecule is CC(C)(C)c1cc(C[C@@H]2SCNC2=O)cc(C(C)(C)C)c1O. The first-order valence-electron chi connectivity index (χ1n) is 7.76. The molecule has 4 heteroatoms. The lowest BCUT2D eigenvalue weighted by molar-refractivity contribution is -0.119. The molecule has 2 N–H and O–H groups in total. The summed E-state index contributed by atoms with van der Waals surface area (Å²) in [4.78, 5) is 11.8. The van der Waals surface area contributed by atoms with Crippen molar-refractivity contribution in [2.24, 2.45) is 0 Å².